The number of nitrogens with zero attached hydrogens (tertiary/aromatic N) is 3. The summed E-state index contributed by atoms with van der Waals surface area (Å²) < 4.78 is 0. The molecule has 0 unspecified atom stereocenters. The quantitative estimate of drug-likeness (QED) is 0.813. The van der Waals surface area contributed by atoms with Gasteiger partial charge in [0.05, 0.1) is 4.99 Å². The largest absolute Gasteiger partial charge is 0.393 e. The highest BCUT2D eigenvalue weighted by atomic mass is 32.1. The molecule has 0 aliphatic rings. The first kappa shape index (κ1) is 13.8. The van der Waals surface area contributed by atoms with Crippen LogP contribution in [0.25, 0.3) is 0 Å². The predicted molar refractivity (Wildman–Crippen MR) is 75.5 cm³/mol. The molecular weight excluding hydrogens is 232 g/mol. The number of aromatic nitrogens is 2. The van der Waals surface area contributed by atoms with Gasteiger partial charge in [-0.05, 0) is 6.92 Å². The lowest BCUT2D eigenvalue weighted by Gasteiger charge is -2.19. The Kier molecular flexibility index (Phi) is 4.81. The summed E-state index contributed by atoms with van der Waals surface area (Å²) in [7, 11) is 1.99. The Bertz CT molecular complexity index is 403. The Morgan fingerprint density at radius 1 is 1.47 bits per heavy atom. The zero-order valence-corrected chi connectivity index (χ0v) is 11.7. The lowest BCUT2D eigenvalue weighted by Crippen LogP contribution is -2.24. The van der Waals surface area contributed by atoms with Crippen LogP contribution in [0, 0.1) is 6.92 Å². The van der Waals surface area contributed by atoms with Gasteiger partial charge in [0, 0.05) is 37.7 Å². The molecule has 1 rings (SSSR count). The zero-order chi connectivity index (χ0) is 13.0. The van der Waals surface area contributed by atoms with Crippen LogP contribution >= 0.6 is 12.2 Å². The van der Waals surface area contributed by atoms with Gasteiger partial charge >= 0.3 is 0 Å². The number of thiocarbonyl (C=S) groups is 1. The molecule has 1 aromatic rings. The minimum atomic E-state index is 0.331. The zero-order valence-electron chi connectivity index (χ0n) is 10.9. The third-order valence-corrected chi connectivity index (χ3v) is 2.66. The van der Waals surface area contributed by atoms with Crippen molar-refractivity contribution in [2.75, 3.05) is 18.5 Å². The average Bonchev–Trinajstić information content (AvgIpc) is 2.24. The van der Waals surface area contributed by atoms with Gasteiger partial charge < -0.3 is 10.6 Å². The normalized spacial score (nSPS) is 10.6. The maximum Gasteiger partial charge on any atom is 0.133 e. The van der Waals surface area contributed by atoms with Gasteiger partial charge in [0.25, 0.3) is 0 Å². The Balaban J connectivity index is 2.85. The van der Waals surface area contributed by atoms with Gasteiger partial charge in [-0.15, -0.1) is 0 Å². The van der Waals surface area contributed by atoms with Gasteiger partial charge in [-0.3, -0.25) is 0 Å². The molecule has 1 heterocycles. The van der Waals surface area contributed by atoms with E-state index in [1.165, 1.54) is 0 Å². The Morgan fingerprint density at radius 2 is 2.12 bits per heavy atom. The van der Waals surface area contributed by atoms with E-state index in [4.69, 9.17) is 18.0 Å². The van der Waals surface area contributed by atoms with E-state index in [1.54, 1.807) is 0 Å². The second-order valence-corrected chi connectivity index (χ2v) is 5.04. The summed E-state index contributed by atoms with van der Waals surface area (Å²) in [6.45, 7) is 6.95. The van der Waals surface area contributed by atoms with Gasteiger partial charge in [-0.2, -0.15) is 0 Å². The minimum absolute atomic E-state index is 0.331. The topological polar surface area (TPSA) is 55.0 Å². The lowest BCUT2D eigenvalue weighted by atomic mass is 10.2. The van der Waals surface area contributed by atoms with Crippen LogP contribution in [0.15, 0.2) is 6.07 Å². The minimum Gasteiger partial charge on any atom is -0.393 e. The monoisotopic (exact) mass is 252 g/mol. The van der Waals surface area contributed by atoms with E-state index < -0.39 is 0 Å². The molecule has 0 saturated heterocycles. The van der Waals surface area contributed by atoms with Crippen LogP contribution in [-0.4, -0.2) is 28.5 Å². The van der Waals surface area contributed by atoms with Gasteiger partial charge in [-0.25, -0.2) is 9.97 Å². The van der Waals surface area contributed by atoms with Crippen molar-refractivity contribution in [2.24, 2.45) is 5.73 Å². The maximum absolute atomic E-state index is 5.50. The fourth-order valence-electron chi connectivity index (χ4n) is 1.42. The van der Waals surface area contributed by atoms with Crippen molar-refractivity contribution in [2.45, 2.75) is 33.1 Å². The van der Waals surface area contributed by atoms with Crippen LogP contribution in [-0.2, 0) is 0 Å². The number of aryl methyl sites for hydroxylation is 1. The van der Waals surface area contributed by atoms with Crippen LogP contribution in [0.5, 0.6) is 0 Å². The lowest BCUT2D eigenvalue weighted by molar-refractivity contribution is 0.756. The highest BCUT2D eigenvalue weighted by Crippen LogP contribution is 2.16. The first-order valence-corrected chi connectivity index (χ1v) is 6.16. The van der Waals surface area contributed by atoms with E-state index in [2.05, 4.69) is 28.7 Å². The Hall–Kier alpha value is -1.23. The molecule has 17 heavy (non-hydrogen) atoms. The highest BCUT2D eigenvalue weighted by molar-refractivity contribution is 7.80. The molecule has 0 aromatic carbocycles. The Labute approximate surface area is 108 Å². The van der Waals surface area contributed by atoms with Gasteiger partial charge in [-0.1, -0.05) is 26.1 Å². The van der Waals surface area contributed by atoms with Crippen molar-refractivity contribution >= 4 is 23.0 Å². The van der Waals surface area contributed by atoms with Crippen LogP contribution in [0.1, 0.15) is 37.7 Å². The molecule has 5 heteroatoms. The van der Waals surface area contributed by atoms with Gasteiger partial charge in [0.2, 0.25) is 0 Å². The maximum atomic E-state index is 5.50. The molecule has 0 aliphatic carbocycles. The molecule has 0 radical (unpaired) electrons. The third kappa shape index (κ3) is 4.26. The molecule has 0 spiro atoms. The molecule has 0 saturated carbocycles. The summed E-state index contributed by atoms with van der Waals surface area (Å²) in [5.41, 5.74) is 6.49. The summed E-state index contributed by atoms with van der Waals surface area (Å²) in [6, 6.07) is 1.98. The van der Waals surface area contributed by atoms with E-state index in [0.29, 0.717) is 17.3 Å². The van der Waals surface area contributed by atoms with Crippen LogP contribution in [0.4, 0.5) is 5.82 Å². The van der Waals surface area contributed by atoms with E-state index in [9.17, 15) is 0 Å². The summed E-state index contributed by atoms with van der Waals surface area (Å²) in [6.07, 6.45) is 0.700. The first-order chi connectivity index (χ1) is 7.90. The van der Waals surface area contributed by atoms with Gasteiger partial charge in [0.15, 0.2) is 0 Å². The van der Waals surface area contributed by atoms with E-state index >= 15 is 0 Å². The number of nitrogens with two attached hydrogens (primary N) is 1. The van der Waals surface area contributed by atoms with Crippen molar-refractivity contribution in [3.8, 4) is 0 Å². The smallest absolute Gasteiger partial charge is 0.133 e. The second kappa shape index (κ2) is 5.91. The van der Waals surface area contributed by atoms with E-state index in [0.717, 1.165) is 23.9 Å². The van der Waals surface area contributed by atoms with Crippen molar-refractivity contribution in [1.29, 1.82) is 0 Å². The fraction of sp³-hybridized carbons (Fsp3) is 0.583. The SMILES string of the molecule is Cc1cc(N(C)CCC(N)=S)nc(C(C)C)n1. The van der Waals surface area contributed by atoms with Gasteiger partial charge in [0.1, 0.15) is 11.6 Å². The first-order valence-electron chi connectivity index (χ1n) is 5.75. The summed E-state index contributed by atoms with van der Waals surface area (Å²) in [5, 5.41) is 0. The predicted octanol–water partition coefficient (Wildman–Crippen LogP) is 2.02. The molecule has 4 nitrogen and oxygen atoms in total. The number of hydrogen-bond acceptors (Lipinski definition) is 4. The van der Waals surface area contributed by atoms with Crippen LogP contribution < -0.4 is 10.6 Å². The molecule has 0 bridgehead atoms. The van der Waals surface area contributed by atoms with Crippen molar-refractivity contribution in [3.63, 3.8) is 0 Å². The van der Waals surface area contributed by atoms with Crippen molar-refractivity contribution < 1.29 is 0 Å². The summed E-state index contributed by atoms with van der Waals surface area (Å²) >= 11 is 4.88. The molecule has 94 valence electrons. The molecule has 2 N–H and O–H groups in total. The highest BCUT2D eigenvalue weighted by Gasteiger charge is 2.09. The number of anilines is 1. The van der Waals surface area contributed by atoms with E-state index in [-0.39, 0.29) is 0 Å². The molecule has 0 amide bonds. The standard InChI is InChI=1S/C12H20N4S/c1-8(2)12-14-9(3)7-11(15-12)16(4)6-5-10(13)17/h7-8H,5-6H2,1-4H3,(H2,13,17). The number of hydrogen-bond donors (Lipinski definition) is 1. The summed E-state index contributed by atoms with van der Waals surface area (Å²) in [5.74, 6) is 2.14. The fourth-order valence-corrected chi connectivity index (χ4v) is 1.51. The summed E-state index contributed by atoms with van der Waals surface area (Å²) in [4.78, 5) is 11.6. The molecule has 1 aromatic heterocycles. The molecule has 0 aliphatic heterocycles. The molecule has 0 fully saturated rings. The molecular formula is C12H20N4S. The Morgan fingerprint density at radius 3 is 2.65 bits per heavy atom. The van der Waals surface area contributed by atoms with Crippen LogP contribution in [0.3, 0.4) is 0 Å². The number of rotatable bonds is 5. The second-order valence-electron chi connectivity index (χ2n) is 4.52. The third-order valence-electron chi connectivity index (χ3n) is 2.46. The molecule has 0 atom stereocenters. The van der Waals surface area contributed by atoms with Crippen LogP contribution in [0.2, 0.25) is 0 Å². The van der Waals surface area contributed by atoms with E-state index in [1.807, 2.05) is 20.0 Å². The van der Waals surface area contributed by atoms with Crippen molar-refractivity contribution in [1.82, 2.24) is 9.97 Å². The average molecular weight is 252 g/mol. The van der Waals surface area contributed by atoms with Crippen molar-refractivity contribution in [3.05, 3.63) is 17.6 Å².